The lowest BCUT2D eigenvalue weighted by Crippen LogP contribution is -2.05. The third-order valence-corrected chi connectivity index (χ3v) is 3.00. The molecule has 10 heteroatoms. The molecule has 0 amide bonds. The van der Waals surface area contributed by atoms with Crippen molar-refractivity contribution < 1.29 is 0 Å². The molecule has 0 saturated carbocycles. The van der Waals surface area contributed by atoms with Crippen molar-refractivity contribution in [2.24, 2.45) is 5.10 Å². The van der Waals surface area contributed by atoms with Gasteiger partial charge in [-0.15, -0.1) is 14.9 Å². The molecule has 0 aliphatic heterocycles. The van der Waals surface area contributed by atoms with E-state index in [1.165, 1.54) is 0 Å². The van der Waals surface area contributed by atoms with Crippen molar-refractivity contribution in [3.05, 3.63) is 57.1 Å². The highest BCUT2D eigenvalue weighted by Crippen LogP contribution is 2.37. The summed E-state index contributed by atoms with van der Waals surface area (Å²) < 4.78 is 0. The van der Waals surface area contributed by atoms with Crippen LogP contribution in [0.3, 0.4) is 0 Å². The smallest absolute Gasteiger partial charge is 0.294 e. The predicted octanol–water partition coefficient (Wildman–Crippen LogP) is 1.76. The standard InChI is InChI=1S/C14N10/c1-17-13-14(18-2)23-11-9(22-13)8-10(12(11)24-19-3)21-7(5-16)6(4-15)20-8/b24-12+. The Hall–Kier alpha value is -4.72. The summed E-state index contributed by atoms with van der Waals surface area (Å²) >= 11 is 0. The molecule has 24 heavy (non-hydrogen) atoms. The molecule has 10 nitrogen and oxygen atoms in total. The zero-order valence-corrected chi connectivity index (χ0v) is 11.5. The number of aromatic nitrogens is 4. The molecule has 1 aliphatic rings. The van der Waals surface area contributed by atoms with E-state index in [0.717, 1.165) is 0 Å². The van der Waals surface area contributed by atoms with Gasteiger partial charge < -0.3 is 9.69 Å². The van der Waals surface area contributed by atoms with Crippen molar-refractivity contribution in [1.29, 1.82) is 10.5 Å². The van der Waals surface area contributed by atoms with Gasteiger partial charge in [0, 0.05) is 0 Å². The van der Waals surface area contributed by atoms with Gasteiger partial charge in [-0.3, -0.25) is 0 Å². The van der Waals surface area contributed by atoms with E-state index in [-0.39, 0.29) is 51.5 Å². The van der Waals surface area contributed by atoms with Crippen LogP contribution in [0.4, 0.5) is 11.6 Å². The second kappa shape index (κ2) is 5.24. The van der Waals surface area contributed by atoms with Gasteiger partial charge in [0.2, 0.25) is 17.1 Å². The minimum Gasteiger partial charge on any atom is -0.370 e. The maximum absolute atomic E-state index is 9.07. The first kappa shape index (κ1) is 14.2. The van der Waals surface area contributed by atoms with Crippen molar-refractivity contribution in [2.75, 3.05) is 0 Å². The summed E-state index contributed by atoms with van der Waals surface area (Å²) in [6.45, 7) is 21.1. The summed E-state index contributed by atoms with van der Waals surface area (Å²) in [5, 5.41) is 21.7. The Labute approximate surface area is 134 Å². The Morgan fingerprint density at radius 1 is 0.750 bits per heavy atom. The Morgan fingerprint density at radius 3 is 1.71 bits per heavy atom. The molecule has 0 fully saturated rings. The first-order valence-corrected chi connectivity index (χ1v) is 6.03. The Balaban J connectivity index is 2.46. The van der Waals surface area contributed by atoms with Gasteiger partial charge >= 0.3 is 0 Å². The highest BCUT2D eigenvalue weighted by Gasteiger charge is 2.41. The van der Waals surface area contributed by atoms with Crippen molar-refractivity contribution in [2.45, 2.75) is 0 Å². The molecule has 0 spiro atoms. The average Bonchev–Trinajstić information content (AvgIpc) is 2.91. The van der Waals surface area contributed by atoms with E-state index >= 15 is 0 Å². The van der Waals surface area contributed by atoms with Crippen molar-refractivity contribution in [1.82, 2.24) is 19.9 Å². The topological polar surface area (TPSA) is 125 Å². The van der Waals surface area contributed by atoms with Crippen LogP contribution >= 0.6 is 0 Å². The zero-order valence-electron chi connectivity index (χ0n) is 11.5. The molecule has 0 N–H and O–H groups in total. The molecule has 2 aromatic heterocycles. The normalized spacial score (nSPS) is 12.0. The lowest BCUT2D eigenvalue weighted by Gasteiger charge is -1.97. The summed E-state index contributed by atoms with van der Waals surface area (Å²) in [7, 11) is 0. The summed E-state index contributed by atoms with van der Waals surface area (Å²) in [5.74, 6) is -0.473. The maximum atomic E-state index is 9.07. The Bertz CT molecular complexity index is 1070. The van der Waals surface area contributed by atoms with Crippen LogP contribution in [0.1, 0.15) is 22.8 Å². The molecule has 106 valence electrons. The fourth-order valence-corrected chi connectivity index (χ4v) is 2.08. The van der Waals surface area contributed by atoms with Gasteiger partial charge in [0.15, 0.2) is 11.4 Å². The monoisotopic (exact) mass is 308 g/mol. The number of nitriles is 2. The van der Waals surface area contributed by atoms with Gasteiger partial charge in [-0.2, -0.15) is 17.1 Å². The fraction of sp³-hybridized carbons (Fsp3) is 0. The second-order valence-electron chi connectivity index (χ2n) is 4.18. The minimum atomic E-state index is -0.241. The first-order chi connectivity index (χ1) is 11.7. The minimum absolute atomic E-state index is 0.00239. The zero-order chi connectivity index (χ0) is 17.3. The molecule has 0 saturated heterocycles. The van der Waals surface area contributed by atoms with Crippen LogP contribution in [0.25, 0.3) is 26.0 Å². The molecule has 3 rings (SSSR count). The Morgan fingerprint density at radius 2 is 1.21 bits per heavy atom. The van der Waals surface area contributed by atoms with E-state index in [4.69, 9.17) is 30.2 Å². The van der Waals surface area contributed by atoms with Crippen LogP contribution in [0, 0.1) is 42.4 Å². The fourth-order valence-electron chi connectivity index (χ4n) is 2.08. The second-order valence-corrected chi connectivity index (χ2v) is 4.18. The lowest BCUT2D eigenvalue weighted by atomic mass is 10.2. The maximum Gasteiger partial charge on any atom is 0.294 e. The molecule has 2 aromatic rings. The largest absolute Gasteiger partial charge is 0.370 e. The molecule has 0 atom stereocenters. The van der Waals surface area contributed by atoms with E-state index in [9.17, 15) is 0 Å². The number of nitrogens with zero attached hydrogens (tertiary/aromatic N) is 10. The predicted molar refractivity (Wildman–Crippen MR) is 77.3 cm³/mol. The third-order valence-electron chi connectivity index (χ3n) is 3.00. The van der Waals surface area contributed by atoms with E-state index < -0.39 is 0 Å². The number of hydrogen-bond acceptors (Lipinski definition) is 7. The SMILES string of the molecule is [C-]#[N+]/N=C1\c2nc(C#N)c(C#N)nc2-c2nc([N+]#[C-])c([N+]#[C-])nc21. The van der Waals surface area contributed by atoms with Gasteiger partial charge in [0.25, 0.3) is 11.6 Å². The Kier molecular flexibility index (Phi) is 3.11. The molecule has 2 heterocycles. The van der Waals surface area contributed by atoms with Gasteiger partial charge in [-0.1, -0.05) is 13.1 Å². The molecular formula is C14N10. The molecule has 0 aromatic carbocycles. The highest BCUT2D eigenvalue weighted by atomic mass is 15.2. The van der Waals surface area contributed by atoms with Crippen molar-refractivity contribution in [3.63, 3.8) is 0 Å². The molecule has 0 radical (unpaired) electrons. The highest BCUT2D eigenvalue weighted by molar-refractivity contribution is 6.21. The quantitative estimate of drug-likeness (QED) is 0.460. The van der Waals surface area contributed by atoms with Crippen LogP contribution in [0.5, 0.6) is 0 Å². The van der Waals surface area contributed by atoms with Crippen LogP contribution in [-0.2, 0) is 0 Å². The van der Waals surface area contributed by atoms with Gasteiger partial charge in [-0.05, 0) is 0 Å². The van der Waals surface area contributed by atoms with E-state index in [1.807, 2.05) is 0 Å². The average molecular weight is 308 g/mol. The van der Waals surface area contributed by atoms with E-state index in [2.05, 4.69) is 39.7 Å². The van der Waals surface area contributed by atoms with Crippen molar-refractivity contribution in [3.8, 4) is 23.5 Å². The number of fused-ring (bicyclic) bond motifs is 3. The summed E-state index contributed by atoms with van der Waals surface area (Å²) in [6, 6.07) is 3.50. The van der Waals surface area contributed by atoms with Gasteiger partial charge in [0.1, 0.15) is 23.5 Å². The molecule has 0 unspecified atom stereocenters. The van der Waals surface area contributed by atoms with Gasteiger partial charge in [0.05, 0.1) is 5.10 Å². The van der Waals surface area contributed by atoms with Gasteiger partial charge in [-0.25, -0.2) is 9.97 Å². The number of hydrogen-bond donors (Lipinski definition) is 0. The summed E-state index contributed by atoms with van der Waals surface area (Å²) in [5.41, 5.74) is -0.120. The van der Waals surface area contributed by atoms with Crippen LogP contribution in [0.15, 0.2) is 5.10 Å². The molecular weight excluding hydrogens is 308 g/mol. The van der Waals surface area contributed by atoms with Crippen LogP contribution < -0.4 is 0 Å². The third kappa shape index (κ3) is 1.81. The van der Waals surface area contributed by atoms with E-state index in [0.29, 0.717) is 0 Å². The number of rotatable bonds is 0. The molecule has 1 aliphatic carbocycles. The summed E-state index contributed by atoms with van der Waals surface area (Å²) in [4.78, 5) is 25.3. The van der Waals surface area contributed by atoms with Crippen LogP contribution in [-0.4, -0.2) is 25.6 Å². The lowest BCUT2D eigenvalue weighted by molar-refractivity contribution is 1.12. The first-order valence-electron chi connectivity index (χ1n) is 6.03. The van der Waals surface area contributed by atoms with Crippen LogP contribution in [0.2, 0.25) is 0 Å². The van der Waals surface area contributed by atoms with Crippen molar-refractivity contribution >= 4 is 17.3 Å². The molecule has 0 bridgehead atoms. The van der Waals surface area contributed by atoms with E-state index in [1.54, 1.807) is 12.1 Å². The summed E-state index contributed by atoms with van der Waals surface area (Å²) in [6.07, 6.45) is 0.